The fourth-order valence-electron chi connectivity index (χ4n) is 3.24. The molecule has 1 aliphatic rings. The van der Waals surface area contributed by atoms with E-state index in [0.717, 1.165) is 27.3 Å². The third-order valence-electron chi connectivity index (χ3n) is 4.59. The third kappa shape index (κ3) is 3.40. The summed E-state index contributed by atoms with van der Waals surface area (Å²) in [4.78, 5) is 10.7. The second kappa shape index (κ2) is 7.14. The van der Waals surface area contributed by atoms with Crippen molar-refractivity contribution >= 4 is 39.3 Å². The van der Waals surface area contributed by atoms with Crippen LogP contribution in [0.4, 0.5) is 5.82 Å². The molecular formula is C22H18N5S-. The van der Waals surface area contributed by atoms with Crippen LogP contribution in [0, 0.1) is 0 Å². The van der Waals surface area contributed by atoms with Crippen LogP contribution in [0.1, 0.15) is 6.92 Å². The quantitative estimate of drug-likeness (QED) is 0.457. The first-order valence-electron chi connectivity index (χ1n) is 9.09. The van der Waals surface area contributed by atoms with Crippen molar-refractivity contribution in [1.29, 1.82) is 0 Å². The van der Waals surface area contributed by atoms with Crippen molar-refractivity contribution in [3.63, 3.8) is 0 Å². The van der Waals surface area contributed by atoms with Gasteiger partial charge in [0.2, 0.25) is 0 Å². The number of para-hydroxylation sites is 1. The Labute approximate surface area is 167 Å². The first-order chi connectivity index (χ1) is 13.7. The van der Waals surface area contributed by atoms with Gasteiger partial charge in [-0.05, 0) is 65.6 Å². The predicted octanol–water partition coefficient (Wildman–Crippen LogP) is 5.47. The Kier molecular flexibility index (Phi) is 4.35. The number of aromatic nitrogens is 2. The molecule has 3 aromatic carbocycles. The number of benzene rings is 3. The van der Waals surface area contributed by atoms with E-state index < -0.39 is 0 Å². The maximum absolute atomic E-state index is 4.79. The number of rotatable bonds is 4. The van der Waals surface area contributed by atoms with Crippen molar-refractivity contribution < 1.29 is 0 Å². The molecule has 5 rings (SSSR count). The Morgan fingerprint density at radius 2 is 1.79 bits per heavy atom. The van der Waals surface area contributed by atoms with Crippen molar-refractivity contribution in [1.82, 2.24) is 15.4 Å². The van der Waals surface area contributed by atoms with Gasteiger partial charge in [-0.2, -0.15) is 0 Å². The maximum Gasteiger partial charge on any atom is 0.194 e. The van der Waals surface area contributed by atoms with Crippen LogP contribution >= 0.6 is 11.8 Å². The number of hydrogen-bond acceptors (Lipinski definition) is 5. The Morgan fingerprint density at radius 1 is 0.964 bits per heavy atom. The predicted molar refractivity (Wildman–Crippen MR) is 115 cm³/mol. The summed E-state index contributed by atoms with van der Waals surface area (Å²) >= 11 is 1.57. The number of nitrogens with one attached hydrogen (secondary N) is 2. The minimum atomic E-state index is -0.142. The summed E-state index contributed by atoms with van der Waals surface area (Å²) in [7, 11) is 0. The fourth-order valence-corrected chi connectivity index (χ4v) is 4.06. The van der Waals surface area contributed by atoms with Crippen LogP contribution in [0.25, 0.3) is 27.1 Å². The molecule has 28 heavy (non-hydrogen) atoms. The summed E-state index contributed by atoms with van der Waals surface area (Å²) in [6.45, 7) is 1.99. The van der Waals surface area contributed by atoms with Crippen molar-refractivity contribution in [3.05, 3.63) is 83.9 Å². The Morgan fingerprint density at radius 3 is 2.64 bits per heavy atom. The molecule has 0 spiro atoms. The van der Waals surface area contributed by atoms with Crippen LogP contribution in [0.5, 0.6) is 0 Å². The summed E-state index contributed by atoms with van der Waals surface area (Å²) in [5.41, 5.74) is 9.27. The normalized spacial score (nSPS) is 16.2. The molecule has 0 radical (unpaired) electrons. The zero-order chi connectivity index (χ0) is 18.9. The zero-order valence-electron chi connectivity index (χ0n) is 15.3. The minimum absolute atomic E-state index is 0.142. The molecule has 1 atom stereocenters. The van der Waals surface area contributed by atoms with Gasteiger partial charge in [-0.25, -0.2) is 9.97 Å². The highest BCUT2D eigenvalue weighted by atomic mass is 32.2. The molecular weight excluding hydrogens is 366 g/mol. The molecule has 5 nitrogen and oxygen atoms in total. The van der Waals surface area contributed by atoms with Gasteiger partial charge in [-0.3, -0.25) is 0 Å². The van der Waals surface area contributed by atoms with E-state index in [0.29, 0.717) is 5.16 Å². The topological polar surface area (TPSA) is 63.9 Å². The van der Waals surface area contributed by atoms with Crippen molar-refractivity contribution in [2.45, 2.75) is 23.1 Å². The average molecular weight is 384 g/mol. The Balaban J connectivity index is 1.51. The van der Waals surface area contributed by atoms with Crippen molar-refractivity contribution in [2.24, 2.45) is 0 Å². The lowest BCUT2D eigenvalue weighted by molar-refractivity contribution is 0.933. The van der Waals surface area contributed by atoms with Gasteiger partial charge < -0.3 is 16.2 Å². The summed E-state index contributed by atoms with van der Waals surface area (Å²) in [5, 5.41) is 7.54. The average Bonchev–Trinajstić information content (AvgIpc) is 3.12. The standard InChI is InChI=1S/C22H18N5S/c1-14-12-20(27-26-14)24-21-18-8-4-5-9-19(18)23-22(25-21)28-17-11-10-15-6-2-3-7-16(15)13-17/h2-13,20,26H,1H3,(H,23,24,25)/q-1. The molecule has 0 amide bonds. The van der Waals surface area contributed by atoms with E-state index >= 15 is 0 Å². The lowest BCUT2D eigenvalue weighted by Gasteiger charge is -2.25. The molecule has 1 aromatic heterocycles. The van der Waals surface area contributed by atoms with Gasteiger partial charge in [0, 0.05) is 10.3 Å². The smallest absolute Gasteiger partial charge is 0.194 e. The highest BCUT2D eigenvalue weighted by Crippen LogP contribution is 2.31. The van der Waals surface area contributed by atoms with Crippen LogP contribution in [0.2, 0.25) is 0 Å². The molecule has 0 fully saturated rings. The third-order valence-corrected chi connectivity index (χ3v) is 5.44. The van der Waals surface area contributed by atoms with E-state index in [-0.39, 0.29) is 6.17 Å². The summed E-state index contributed by atoms with van der Waals surface area (Å²) in [6.07, 6.45) is 1.89. The van der Waals surface area contributed by atoms with Gasteiger partial charge in [0.05, 0.1) is 5.52 Å². The van der Waals surface area contributed by atoms with Crippen molar-refractivity contribution in [3.8, 4) is 0 Å². The van der Waals surface area contributed by atoms with Crippen LogP contribution in [-0.4, -0.2) is 16.1 Å². The first-order valence-corrected chi connectivity index (χ1v) is 9.90. The van der Waals surface area contributed by atoms with Crippen LogP contribution in [0.3, 0.4) is 0 Å². The lowest BCUT2D eigenvalue weighted by atomic mass is 10.1. The summed E-state index contributed by atoms with van der Waals surface area (Å²) in [5.74, 6) is 0.787. The summed E-state index contributed by atoms with van der Waals surface area (Å²) in [6, 6.07) is 22.8. The van der Waals surface area contributed by atoms with Gasteiger partial charge in [0.15, 0.2) is 5.16 Å². The number of fused-ring (bicyclic) bond motifs is 2. The number of hydrogen-bond donors (Lipinski definition) is 2. The van der Waals surface area contributed by atoms with E-state index in [9.17, 15) is 0 Å². The highest BCUT2D eigenvalue weighted by molar-refractivity contribution is 7.99. The largest absolute Gasteiger partial charge is 0.548 e. The van der Waals surface area contributed by atoms with E-state index in [1.54, 1.807) is 11.8 Å². The molecule has 1 aliphatic heterocycles. The molecule has 0 bridgehead atoms. The highest BCUT2D eigenvalue weighted by Gasteiger charge is 2.11. The molecule has 138 valence electrons. The van der Waals surface area contributed by atoms with Crippen LogP contribution in [0.15, 0.2) is 88.6 Å². The van der Waals surface area contributed by atoms with Crippen LogP contribution < -0.4 is 10.7 Å². The van der Waals surface area contributed by atoms with Crippen molar-refractivity contribution in [2.75, 3.05) is 5.32 Å². The molecule has 2 heterocycles. The van der Waals surface area contributed by atoms with E-state index in [2.05, 4.69) is 58.6 Å². The molecule has 1 unspecified atom stereocenters. The molecule has 2 N–H and O–H groups in total. The van der Waals surface area contributed by atoms with E-state index in [4.69, 9.17) is 9.97 Å². The monoisotopic (exact) mass is 384 g/mol. The Bertz CT molecular complexity index is 1200. The van der Waals surface area contributed by atoms with Gasteiger partial charge in [0.25, 0.3) is 0 Å². The summed E-state index contributed by atoms with van der Waals surface area (Å²) < 4.78 is 0. The zero-order valence-corrected chi connectivity index (χ0v) is 16.1. The van der Waals surface area contributed by atoms with Gasteiger partial charge in [0.1, 0.15) is 5.82 Å². The molecule has 4 aromatic rings. The Hall–Kier alpha value is -3.09. The molecule has 6 heteroatoms. The maximum atomic E-state index is 4.79. The van der Waals surface area contributed by atoms with Gasteiger partial charge in [-0.1, -0.05) is 48.5 Å². The van der Waals surface area contributed by atoms with E-state index in [1.807, 2.05) is 37.3 Å². The number of nitrogens with zero attached hydrogens (tertiary/aromatic N) is 3. The SMILES string of the molecule is CC1=CC(Nc2nc(Sc3ccc4ccccc4c3)nc3ccccc23)[N-]N1. The second-order valence-corrected chi connectivity index (χ2v) is 7.70. The molecule has 0 saturated heterocycles. The first kappa shape index (κ1) is 17.0. The van der Waals surface area contributed by atoms with Crippen LogP contribution in [-0.2, 0) is 0 Å². The second-order valence-electron chi connectivity index (χ2n) is 6.66. The molecule has 0 aliphatic carbocycles. The van der Waals surface area contributed by atoms with Gasteiger partial charge >= 0.3 is 0 Å². The minimum Gasteiger partial charge on any atom is -0.548 e. The fraction of sp³-hybridized carbons (Fsp3) is 0.0909. The number of allylic oxidation sites excluding steroid dienone is 1. The molecule has 0 saturated carbocycles. The van der Waals surface area contributed by atoms with Gasteiger partial charge in [-0.15, -0.1) is 0 Å². The number of anilines is 1. The van der Waals surface area contributed by atoms with E-state index in [1.165, 1.54) is 10.8 Å². The lowest BCUT2D eigenvalue weighted by Crippen LogP contribution is -2.16.